The van der Waals surface area contributed by atoms with Gasteiger partial charge in [0.05, 0.1) is 13.2 Å². The lowest BCUT2D eigenvalue weighted by Crippen LogP contribution is -2.29. The molecule has 0 radical (unpaired) electrons. The van der Waals surface area contributed by atoms with Gasteiger partial charge in [0, 0.05) is 19.4 Å². The van der Waals surface area contributed by atoms with Crippen molar-refractivity contribution in [2.45, 2.75) is 328 Å². The number of esters is 2. The van der Waals surface area contributed by atoms with Crippen LogP contribution in [-0.4, -0.2) is 49.3 Å². The molecule has 0 aliphatic rings. The zero-order valence-corrected chi connectivity index (χ0v) is 57.1. The Hall–Kier alpha value is -3.59. The van der Waals surface area contributed by atoms with Crippen molar-refractivity contribution >= 4 is 19.8 Å². The Morgan fingerprint density at radius 1 is 0.345 bits per heavy atom. The molecule has 2 atom stereocenters. The zero-order chi connectivity index (χ0) is 63.0. The number of nitrogens with two attached hydrogens (primary N) is 1. The number of allylic oxidation sites excluding steroid dienone is 20. The fraction of sp³-hybridized carbons (Fsp3) is 0.714. The molecule has 3 N–H and O–H groups in total. The molecule has 0 rings (SSSR count). The molecule has 0 amide bonds. The van der Waals surface area contributed by atoms with Crippen LogP contribution in [0.25, 0.3) is 0 Å². The molecule has 0 bridgehead atoms. The summed E-state index contributed by atoms with van der Waals surface area (Å²) in [4.78, 5) is 35.4. The summed E-state index contributed by atoms with van der Waals surface area (Å²) in [5.74, 6) is -0.819. The van der Waals surface area contributed by atoms with Crippen molar-refractivity contribution < 1.29 is 37.6 Å². The maximum Gasteiger partial charge on any atom is 0.472 e. The summed E-state index contributed by atoms with van der Waals surface area (Å²) in [6.45, 7) is 3.55. The summed E-state index contributed by atoms with van der Waals surface area (Å²) in [6, 6.07) is 0. The Morgan fingerprint density at radius 2 is 0.598 bits per heavy atom. The fourth-order valence-corrected chi connectivity index (χ4v) is 10.9. The minimum atomic E-state index is -4.40. The molecule has 0 saturated carbocycles. The highest BCUT2D eigenvalue weighted by Gasteiger charge is 2.26. The molecule has 0 spiro atoms. The summed E-state index contributed by atoms with van der Waals surface area (Å²) in [5.41, 5.74) is 5.41. The van der Waals surface area contributed by atoms with Gasteiger partial charge in [0.1, 0.15) is 6.61 Å². The van der Waals surface area contributed by atoms with Crippen LogP contribution in [0.5, 0.6) is 0 Å². The van der Waals surface area contributed by atoms with Crippen molar-refractivity contribution in [1.82, 2.24) is 0 Å². The Bertz CT molecular complexity index is 1840. The number of carbonyl (C=O) groups is 2. The molecule has 500 valence electrons. The van der Waals surface area contributed by atoms with E-state index in [1.165, 1.54) is 186 Å². The van der Waals surface area contributed by atoms with Crippen LogP contribution in [0, 0.1) is 0 Å². The maximum absolute atomic E-state index is 12.8. The molecule has 87 heavy (non-hydrogen) atoms. The molecule has 0 saturated heterocycles. The smallest absolute Gasteiger partial charge is 0.462 e. The Kier molecular flexibility index (Phi) is 68.5. The second-order valence-electron chi connectivity index (χ2n) is 23.7. The van der Waals surface area contributed by atoms with Crippen LogP contribution in [0.4, 0.5) is 0 Å². The van der Waals surface area contributed by atoms with E-state index >= 15 is 0 Å². The number of hydrogen-bond acceptors (Lipinski definition) is 8. The molecule has 10 heteroatoms. The van der Waals surface area contributed by atoms with Gasteiger partial charge in [0.2, 0.25) is 0 Å². The normalized spacial score (nSPS) is 13.7. The van der Waals surface area contributed by atoms with Crippen molar-refractivity contribution in [1.29, 1.82) is 0 Å². The van der Waals surface area contributed by atoms with E-state index in [0.29, 0.717) is 6.42 Å². The first-order valence-electron chi connectivity index (χ1n) is 36.0. The molecule has 0 fully saturated rings. The van der Waals surface area contributed by atoms with E-state index in [1.54, 1.807) is 0 Å². The van der Waals surface area contributed by atoms with E-state index in [2.05, 4.69) is 135 Å². The van der Waals surface area contributed by atoms with Gasteiger partial charge in [0.25, 0.3) is 0 Å². The fourth-order valence-electron chi connectivity index (χ4n) is 10.1. The monoisotopic (exact) mass is 1230 g/mol. The third kappa shape index (κ3) is 71.4. The van der Waals surface area contributed by atoms with Gasteiger partial charge >= 0.3 is 19.8 Å². The van der Waals surface area contributed by atoms with Gasteiger partial charge in [0.15, 0.2) is 6.10 Å². The van der Waals surface area contributed by atoms with E-state index in [-0.39, 0.29) is 38.6 Å². The SMILES string of the molecule is CC/C=C\C/C=C\C/C=C\C/C=C\C/C=C\C/C=C\CCCCCCCCCCCCCCCCCCCCCCC(=O)OC(COC(=O)CCCCCCCCCCCCCCCC/C=C\C/C=C\C/C=C\C/C=C\CC)COP(=O)(O)OCCN. The molecule has 9 nitrogen and oxygen atoms in total. The van der Waals surface area contributed by atoms with Crippen LogP contribution >= 0.6 is 7.82 Å². The van der Waals surface area contributed by atoms with Crippen molar-refractivity contribution in [2.75, 3.05) is 26.4 Å². The highest BCUT2D eigenvalue weighted by Crippen LogP contribution is 2.43. The lowest BCUT2D eigenvalue weighted by atomic mass is 10.0. The second kappa shape index (κ2) is 71.5. The highest BCUT2D eigenvalue weighted by molar-refractivity contribution is 7.47. The predicted octanol–water partition coefficient (Wildman–Crippen LogP) is 23.9. The Balaban J connectivity index is 3.84. The lowest BCUT2D eigenvalue weighted by Gasteiger charge is -2.19. The first-order chi connectivity index (χ1) is 42.8. The van der Waals surface area contributed by atoms with Crippen LogP contribution in [0.15, 0.2) is 122 Å². The highest BCUT2D eigenvalue weighted by atomic mass is 31.2. The van der Waals surface area contributed by atoms with Crippen LogP contribution in [0.1, 0.15) is 322 Å². The number of unbranched alkanes of at least 4 members (excludes halogenated alkanes) is 34. The average molecular weight is 1230 g/mol. The quantitative estimate of drug-likeness (QED) is 0.0264. The van der Waals surface area contributed by atoms with Crippen LogP contribution in [0.3, 0.4) is 0 Å². The van der Waals surface area contributed by atoms with Crippen molar-refractivity contribution in [3.05, 3.63) is 122 Å². The van der Waals surface area contributed by atoms with Crippen LogP contribution in [0.2, 0.25) is 0 Å². The molecule has 0 heterocycles. The summed E-state index contributed by atoms with van der Waals surface area (Å²) in [7, 11) is -4.40. The van der Waals surface area contributed by atoms with Crippen molar-refractivity contribution in [3.63, 3.8) is 0 Å². The maximum atomic E-state index is 12.8. The Labute approximate surface area is 536 Å². The predicted molar refractivity (Wildman–Crippen MR) is 376 cm³/mol. The third-order valence-corrected chi connectivity index (χ3v) is 16.3. The molecular formula is C77H134NO8P. The summed E-state index contributed by atoms with van der Waals surface area (Å²) in [6.07, 6.45) is 100. The van der Waals surface area contributed by atoms with E-state index in [0.717, 1.165) is 103 Å². The summed E-state index contributed by atoms with van der Waals surface area (Å²) < 4.78 is 33.2. The zero-order valence-electron chi connectivity index (χ0n) is 56.2. The van der Waals surface area contributed by atoms with Gasteiger partial charge in [-0.1, -0.05) is 328 Å². The molecule has 0 aromatic heterocycles. The third-order valence-electron chi connectivity index (χ3n) is 15.3. The lowest BCUT2D eigenvalue weighted by molar-refractivity contribution is -0.161. The number of phosphoric acid groups is 1. The van der Waals surface area contributed by atoms with Gasteiger partial charge in [-0.3, -0.25) is 18.6 Å². The van der Waals surface area contributed by atoms with Crippen LogP contribution < -0.4 is 5.73 Å². The number of carbonyl (C=O) groups excluding carboxylic acids is 2. The molecule has 0 aliphatic heterocycles. The van der Waals surface area contributed by atoms with Gasteiger partial charge in [-0.2, -0.15) is 0 Å². The summed E-state index contributed by atoms with van der Waals surface area (Å²) in [5, 5.41) is 0. The minimum Gasteiger partial charge on any atom is -0.462 e. The summed E-state index contributed by atoms with van der Waals surface area (Å²) >= 11 is 0. The topological polar surface area (TPSA) is 134 Å². The molecule has 0 aromatic carbocycles. The van der Waals surface area contributed by atoms with E-state index in [9.17, 15) is 19.0 Å². The van der Waals surface area contributed by atoms with Gasteiger partial charge in [-0.15, -0.1) is 0 Å². The van der Waals surface area contributed by atoms with E-state index in [1.807, 2.05) is 0 Å². The molecule has 0 aliphatic carbocycles. The van der Waals surface area contributed by atoms with Gasteiger partial charge in [-0.25, -0.2) is 4.57 Å². The van der Waals surface area contributed by atoms with E-state index in [4.69, 9.17) is 24.3 Å². The average Bonchev–Trinajstić information content (AvgIpc) is 3.64. The first-order valence-corrected chi connectivity index (χ1v) is 37.5. The largest absolute Gasteiger partial charge is 0.472 e. The minimum absolute atomic E-state index is 0.0509. The number of phosphoric ester groups is 1. The standard InChI is InChI=1S/C77H134NO8P/c1-3-5-7-9-11-13-15-17-19-21-23-25-27-29-31-32-33-34-35-36-37-38-39-40-41-42-44-46-48-50-52-54-56-58-60-62-64-66-68-70-77(80)86-75(74-85-87(81,82)84-72-71-78)73-83-76(79)69-67-65-63-61-59-57-55-53-51-49-47-45-43-30-28-26-24-22-20-18-16-14-12-10-8-6-4-2/h5-8,11-14,17-20,23-26,29,31,33-34,75H,3-4,9-10,15-16,21-22,27-28,30,32,35-74,78H2,1-2H3,(H,81,82)/b7-5-,8-6-,13-11-,14-12-,19-17-,20-18-,25-23-,26-24-,31-29-,34-33-. The molecule has 0 aromatic rings. The van der Waals surface area contributed by atoms with Crippen molar-refractivity contribution in [2.24, 2.45) is 5.73 Å². The first kappa shape index (κ1) is 83.4. The number of rotatable bonds is 67. The van der Waals surface area contributed by atoms with Gasteiger partial charge < -0.3 is 20.1 Å². The molecular weight excluding hydrogens is 1100 g/mol. The van der Waals surface area contributed by atoms with Crippen molar-refractivity contribution in [3.8, 4) is 0 Å². The van der Waals surface area contributed by atoms with E-state index < -0.39 is 26.5 Å². The number of ether oxygens (including phenoxy) is 2. The van der Waals surface area contributed by atoms with Gasteiger partial charge in [-0.05, 0) is 103 Å². The number of hydrogen-bond donors (Lipinski definition) is 2. The second-order valence-corrected chi connectivity index (χ2v) is 25.1. The van der Waals surface area contributed by atoms with Crippen LogP contribution in [-0.2, 0) is 32.7 Å². The molecule has 2 unspecified atom stereocenters. The Morgan fingerprint density at radius 3 is 0.885 bits per heavy atom.